The second-order valence-corrected chi connectivity index (χ2v) is 3.84. The molecule has 1 heterocycles. The summed E-state index contributed by atoms with van der Waals surface area (Å²) in [4.78, 5) is 3.31. The Labute approximate surface area is 99.5 Å². The Hall–Kier alpha value is -1.04. The second kappa shape index (κ2) is 5.34. The van der Waals surface area contributed by atoms with Crippen molar-refractivity contribution in [3.05, 3.63) is 29.5 Å². The smallest absolute Gasteiger partial charge is 0.384 e. The predicted octanol–water partition coefficient (Wildman–Crippen LogP) is 3.48. The number of hydrogen-bond acceptors (Lipinski definition) is 2. The highest BCUT2D eigenvalue weighted by atomic mass is 79.9. The van der Waals surface area contributed by atoms with Crippen LogP contribution in [0.3, 0.4) is 0 Å². The molecule has 2 N–H and O–H groups in total. The van der Waals surface area contributed by atoms with E-state index in [2.05, 4.69) is 20.9 Å². The zero-order valence-electron chi connectivity index (χ0n) is 8.26. The van der Waals surface area contributed by atoms with E-state index in [0.717, 1.165) is 0 Å². The van der Waals surface area contributed by atoms with Crippen molar-refractivity contribution < 1.29 is 13.2 Å². The van der Waals surface area contributed by atoms with E-state index in [9.17, 15) is 13.2 Å². The van der Waals surface area contributed by atoms with E-state index in [0.29, 0.717) is 11.8 Å². The van der Waals surface area contributed by atoms with Gasteiger partial charge in [-0.15, -0.1) is 0 Å². The summed E-state index contributed by atoms with van der Waals surface area (Å²) in [7, 11) is 0. The monoisotopic (exact) mass is 294 g/mol. The molecule has 0 aromatic carbocycles. The van der Waals surface area contributed by atoms with Crippen molar-refractivity contribution in [1.82, 2.24) is 4.98 Å². The van der Waals surface area contributed by atoms with E-state index in [1.54, 1.807) is 6.08 Å². The lowest BCUT2D eigenvalue weighted by Gasteiger charge is -2.09. The highest BCUT2D eigenvalue weighted by Gasteiger charge is 2.34. The summed E-state index contributed by atoms with van der Waals surface area (Å²) in [5, 5.41) is 0.702. The molecule has 0 aliphatic rings. The number of nitrogens with zero attached hydrogens (tertiary/aromatic N) is 1. The number of anilines is 1. The summed E-state index contributed by atoms with van der Waals surface area (Å²) in [6, 6.07) is 2.67. The van der Waals surface area contributed by atoms with Gasteiger partial charge in [0, 0.05) is 10.9 Å². The number of halogens is 4. The fraction of sp³-hybridized carbons (Fsp3) is 0.300. The Balaban J connectivity index is 3.08. The molecule has 0 fully saturated rings. The van der Waals surface area contributed by atoms with Gasteiger partial charge in [-0.05, 0) is 18.6 Å². The quantitative estimate of drug-likeness (QED) is 0.867. The van der Waals surface area contributed by atoms with Crippen molar-refractivity contribution in [3.8, 4) is 0 Å². The van der Waals surface area contributed by atoms with E-state index in [-0.39, 0.29) is 11.4 Å². The van der Waals surface area contributed by atoms with Gasteiger partial charge in [0.15, 0.2) is 5.69 Å². The van der Waals surface area contributed by atoms with Crippen LogP contribution in [-0.4, -0.2) is 10.3 Å². The largest absolute Gasteiger partial charge is 0.434 e. The molecule has 0 saturated carbocycles. The summed E-state index contributed by atoms with van der Waals surface area (Å²) in [6.07, 6.45) is -0.779. The first-order chi connectivity index (χ1) is 7.45. The van der Waals surface area contributed by atoms with E-state index >= 15 is 0 Å². The lowest BCUT2D eigenvalue weighted by molar-refractivity contribution is -0.141. The molecule has 0 amide bonds. The third-order valence-corrected chi connectivity index (χ3v) is 2.25. The van der Waals surface area contributed by atoms with Crippen LogP contribution in [0.4, 0.5) is 19.0 Å². The topological polar surface area (TPSA) is 38.9 Å². The van der Waals surface area contributed by atoms with Crippen LogP contribution >= 0.6 is 15.9 Å². The summed E-state index contributed by atoms with van der Waals surface area (Å²) in [5.41, 5.74) is 4.32. The lowest BCUT2D eigenvalue weighted by atomic mass is 10.1. The van der Waals surface area contributed by atoms with Crippen LogP contribution < -0.4 is 5.73 Å². The SMILES string of the molecule is Nc1ccc(C=CCCBr)c(C(F)(F)F)n1. The highest BCUT2D eigenvalue weighted by Crippen LogP contribution is 2.31. The minimum atomic E-state index is -4.48. The second-order valence-electron chi connectivity index (χ2n) is 3.05. The number of nitrogen functional groups attached to an aromatic ring is 1. The summed E-state index contributed by atoms with van der Waals surface area (Å²) in [5.74, 6) is -0.134. The first kappa shape index (κ1) is 13.0. The maximum absolute atomic E-state index is 12.6. The Kier molecular flexibility index (Phi) is 4.35. The van der Waals surface area contributed by atoms with Gasteiger partial charge in [0.1, 0.15) is 5.82 Å². The van der Waals surface area contributed by atoms with E-state index in [4.69, 9.17) is 5.73 Å². The van der Waals surface area contributed by atoms with Gasteiger partial charge in [0.2, 0.25) is 0 Å². The van der Waals surface area contributed by atoms with Crippen molar-refractivity contribution >= 4 is 27.8 Å². The number of nitrogens with two attached hydrogens (primary N) is 1. The Morgan fingerprint density at radius 1 is 1.38 bits per heavy atom. The highest BCUT2D eigenvalue weighted by molar-refractivity contribution is 9.09. The van der Waals surface area contributed by atoms with Crippen LogP contribution in [0, 0.1) is 0 Å². The number of allylic oxidation sites excluding steroid dienone is 1. The van der Waals surface area contributed by atoms with Gasteiger partial charge in [-0.25, -0.2) is 4.98 Å². The van der Waals surface area contributed by atoms with Gasteiger partial charge in [-0.2, -0.15) is 13.2 Å². The number of aromatic nitrogens is 1. The average Bonchev–Trinajstić information content (AvgIpc) is 2.19. The molecule has 0 atom stereocenters. The van der Waals surface area contributed by atoms with Gasteiger partial charge < -0.3 is 5.73 Å². The fourth-order valence-electron chi connectivity index (χ4n) is 1.12. The van der Waals surface area contributed by atoms with Crippen molar-refractivity contribution in [3.63, 3.8) is 0 Å². The molecule has 88 valence electrons. The van der Waals surface area contributed by atoms with Gasteiger partial charge in [-0.3, -0.25) is 0 Å². The zero-order chi connectivity index (χ0) is 12.2. The molecule has 0 aliphatic carbocycles. The minimum Gasteiger partial charge on any atom is -0.384 e. The van der Waals surface area contributed by atoms with E-state index in [1.165, 1.54) is 18.2 Å². The predicted molar refractivity (Wildman–Crippen MR) is 61.1 cm³/mol. The van der Waals surface area contributed by atoms with Crippen molar-refractivity contribution in [1.29, 1.82) is 0 Å². The Morgan fingerprint density at radius 3 is 2.62 bits per heavy atom. The molecule has 0 saturated heterocycles. The summed E-state index contributed by atoms with van der Waals surface area (Å²) in [6.45, 7) is 0. The molecule has 2 nitrogen and oxygen atoms in total. The van der Waals surface area contributed by atoms with Gasteiger partial charge in [0.25, 0.3) is 0 Å². The van der Waals surface area contributed by atoms with Crippen LogP contribution in [0.2, 0.25) is 0 Å². The molecule has 1 aromatic rings. The third-order valence-electron chi connectivity index (χ3n) is 1.79. The molecule has 1 rings (SSSR count). The van der Waals surface area contributed by atoms with Gasteiger partial charge in [-0.1, -0.05) is 28.1 Å². The molecule has 1 aromatic heterocycles. The molecule has 0 radical (unpaired) electrons. The Morgan fingerprint density at radius 2 is 2.06 bits per heavy atom. The van der Waals surface area contributed by atoms with E-state index in [1.807, 2.05) is 0 Å². The van der Waals surface area contributed by atoms with Crippen LogP contribution in [0.5, 0.6) is 0 Å². The third kappa shape index (κ3) is 3.52. The number of pyridine rings is 1. The molecule has 0 unspecified atom stereocenters. The standard InChI is InChI=1S/C10H10BrF3N2/c11-6-2-1-3-7-4-5-8(15)16-9(7)10(12,13)14/h1,3-5H,2,6H2,(H2,15,16). The first-order valence-electron chi connectivity index (χ1n) is 4.51. The maximum atomic E-state index is 12.6. The van der Waals surface area contributed by atoms with Crippen LogP contribution in [-0.2, 0) is 6.18 Å². The zero-order valence-corrected chi connectivity index (χ0v) is 9.85. The molecule has 6 heteroatoms. The van der Waals surface area contributed by atoms with Crippen molar-refractivity contribution in [2.24, 2.45) is 0 Å². The summed E-state index contributed by atoms with van der Waals surface area (Å²) < 4.78 is 37.7. The van der Waals surface area contributed by atoms with E-state index < -0.39 is 11.9 Å². The molecular formula is C10H10BrF3N2. The van der Waals surface area contributed by atoms with Gasteiger partial charge >= 0.3 is 6.18 Å². The number of rotatable bonds is 3. The maximum Gasteiger partial charge on any atom is 0.434 e. The molecule has 16 heavy (non-hydrogen) atoms. The van der Waals surface area contributed by atoms with Crippen LogP contribution in [0.1, 0.15) is 17.7 Å². The Bertz CT molecular complexity index is 388. The van der Waals surface area contributed by atoms with Crippen LogP contribution in [0.25, 0.3) is 6.08 Å². The average molecular weight is 295 g/mol. The van der Waals surface area contributed by atoms with Crippen molar-refractivity contribution in [2.75, 3.05) is 11.1 Å². The van der Waals surface area contributed by atoms with Gasteiger partial charge in [0.05, 0.1) is 0 Å². The number of hydrogen-bond donors (Lipinski definition) is 1. The number of alkyl halides is 4. The fourth-order valence-corrected chi connectivity index (χ4v) is 1.38. The first-order valence-corrected chi connectivity index (χ1v) is 5.63. The molecular weight excluding hydrogens is 285 g/mol. The van der Waals surface area contributed by atoms with Crippen LogP contribution in [0.15, 0.2) is 18.2 Å². The molecule has 0 spiro atoms. The van der Waals surface area contributed by atoms with Crippen molar-refractivity contribution in [2.45, 2.75) is 12.6 Å². The lowest BCUT2D eigenvalue weighted by Crippen LogP contribution is -2.11. The normalized spacial score (nSPS) is 12.2. The molecule has 0 aliphatic heterocycles. The minimum absolute atomic E-state index is 0.0302. The molecule has 0 bridgehead atoms. The summed E-state index contributed by atoms with van der Waals surface area (Å²) >= 11 is 3.18.